The summed E-state index contributed by atoms with van der Waals surface area (Å²) in [6.07, 6.45) is -1.35. The normalized spacial score (nSPS) is 19.2. The van der Waals surface area contributed by atoms with E-state index in [1.807, 2.05) is 0 Å². The van der Waals surface area contributed by atoms with Crippen molar-refractivity contribution < 1.29 is 19.6 Å². The minimum atomic E-state index is -0.980. The van der Waals surface area contributed by atoms with Crippen LogP contribution in [0.25, 0.3) is 0 Å². The summed E-state index contributed by atoms with van der Waals surface area (Å²) in [7, 11) is 0. The number of carbonyl (C=O) groups is 1. The Balaban J connectivity index is 2.20. The molecule has 1 aliphatic heterocycles. The molecule has 0 bridgehead atoms. The number of amides is 1. The molecular formula is C12H14N2O5. The van der Waals surface area contributed by atoms with Gasteiger partial charge in [0.1, 0.15) is 6.10 Å². The number of ether oxygens (including phenoxy) is 1. The SMILES string of the molecule is Cc1cc([C@H]2CN(C(=O)O)CCO2)ccc1[N+](=O)[O-]. The van der Waals surface area contributed by atoms with E-state index in [0.29, 0.717) is 18.7 Å². The molecule has 1 aliphatic rings. The van der Waals surface area contributed by atoms with Crippen molar-refractivity contribution in [2.45, 2.75) is 13.0 Å². The Bertz CT molecular complexity index is 517. The monoisotopic (exact) mass is 266 g/mol. The van der Waals surface area contributed by atoms with Gasteiger partial charge in [-0.1, -0.05) is 0 Å². The molecule has 0 unspecified atom stereocenters. The molecule has 0 spiro atoms. The van der Waals surface area contributed by atoms with Gasteiger partial charge >= 0.3 is 6.09 Å². The number of nitrogens with zero attached hydrogens (tertiary/aromatic N) is 2. The van der Waals surface area contributed by atoms with Gasteiger partial charge in [0.05, 0.1) is 18.1 Å². The first-order valence-corrected chi connectivity index (χ1v) is 5.83. The molecule has 19 heavy (non-hydrogen) atoms. The molecule has 1 aromatic rings. The highest BCUT2D eigenvalue weighted by Crippen LogP contribution is 2.27. The molecule has 0 aliphatic carbocycles. The topological polar surface area (TPSA) is 92.9 Å². The number of aryl methyl sites for hydroxylation is 1. The van der Waals surface area contributed by atoms with Crippen LogP contribution < -0.4 is 0 Å². The van der Waals surface area contributed by atoms with Gasteiger partial charge in [0.2, 0.25) is 0 Å². The van der Waals surface area contributed by atoms with E-state index in [4.69, 9.17) is 9.84 Å². The van der Waals surface area contributed by atoms with Crippen molar-refractivity contribution >= 4 is 11.8 Å². The molecule has 2 rings (SSSR count). The zero-order valence-corrected chi connectivity index (χ0v) is 10.4. The second-order valence-electron chi connectivity index (χ2n) is 4.39. The van der Waals surface area contributed by atoms with E-state index in [1.54, 1.807) is 19.1 Å². The molecule has 1 fully saturated rings. The van der Waals surface area contributed by atoms with E-state index in [9.17, 15) is 14.9 Å². The van der Waals surface area contributed by atoms with Crippen LogP contribution in [0.1, 0.15) is 17.2 Å². The molecule has 1 saturated heterocycles. The van der Waals surface area contributed by atoms with E-state index < -0.39 is 11.0 Å². The first kappa shape index (κ1) is 13.3. The van der Waals surface area contributed by atoms with Crippen molar-refractivity contribution in [3.63, 3.8) is 0 Å². The lowest BCUT2D eigenvalue weighted by Crippen LogP contribution is -2.41. The van der Waals surface area contributed by atoms with Crippen molar-refractivity contribution in [1.82, 2.24) is 4.90 Å². The number of nitro groups is 1. The lowest BCUT2D eigenvalue weighted by Gasteiger charge is -2.31. The average molecular weight is 266 g/mol. The number of hydrogen-bond acceptors (Lipinski definition) is 4. The predicted octanol–water partition coefficient (Wildman–Crippen LogP) is 1.95. The van der Waals surface area contributed by atoms with Crippen LogP contribution in [0.2, 0.25) is 0 Å². The Hall–Kier alpha value is -2.15. The molecule has 1 aromatic carbocycles. The molecule has 102 valence electrons. The van der Waals surface area contributed by atoms with E-state index in [-0.39, 0.29) is 18.3 Å². The van der Waals surface area contributed by atoms with Crippen LogP contribution in [0.5, 0.6) is 0 Å². The molecule has 7 heteroatoms. The fourth-order valence-corrected chi connectivity index (χ4v) is 2.11. The summed E-state index contributed by atoms with van der Waals surface area (Å²) < 4.78 is 5.52. The number of benzene rings is 1. The predicted molar refractivity (Wildman–Crippen MR) is 66.1 cm³/mol. The van der Waals surface area contributed by atoms with Crippen LogP contribution in [-0.2, 0) is 4.74 Å². The van der Waals surface area contributed by atoms with Crippen molar-refractivity contribution in [2.75, 3.05) is 19.7 Å². The number of morpholine rings is 1. The van der Waals surface area contributed by atoms with Gasteiger partial charge in [0, 0.05) is 18.2 Å². The summed E-state index contributed by atoms with van der Waals surface area (Å²) in [6.45, 7) is 2.57. The molecule has 1 heterocycles. The summed E-state index contributed by atoms with van der Waals surface area (Å²) in [5.41, 5.74) is 1.35. The lowest BCUT2D eigenvalue weighted by molar-refractivity contribution is -0.385. The van der Waals surface area contributed by atoms with Gasteiger partial charge in [-0.2, -0.15) is 0 Å². The van der Waals surface area contributed by atoms with E-state index in [2.05, 4.69) is 0 Å². The molecule has 7 nitrogen and oxygen atoms in total. The number of hydrogen-bond donors (Lipinski definition) is 1. The fourth-order valence-electron chi connectivity index (χ4n) is 2.11. The molecule has 1 amide bonds. The number of rotatable bonds is 2. The maximum Gasteiger partial charge on any atom is 0.407 e. The van der Waals surface area contributed by atoms with Gasteiger partial charge in [-0.15, -0.1) is 0 Å². The minimum absolute atomic E-state index is 0.0506. The van der Waals surface area contributed by atoms with Crippen LogP contribution in [0.4, 0.5) is 10.5 Å². The summed E-state index contributed by atoms with van der Waals surface area (Å²) in [6, 6.07) is 4.71. The largest absolute Gasteiger partial charge is 0.465 e. The summed E-state index contributed by atoms with van der Waals surface area (Å²) in [4.78, 5) is 22.5. The molecule has 1 atom stereocenters. The van der Waals surface area contributed by atoms with Crippen LogP contribution in [0, 0.1) is 17.0 Å². The molecule has 0 saturated carbocycles. The van der Waals surface area contributed by atoms with Crippen molar-refractivity contribution in [3.8, 4) is 0 Å². The third-order valence-corrected chi connectivity index (χ3v) is 3.13. The summed E-state index contributed by atoms with van der Waals surface area (Å²) >= 11 is 0. The first-order chi connectivity index (χ1) is 8.99. The van der Waals surface area contributed by atoms with E-state index in [0.717, 1.165) is 5.56 Å². The number of nitro benzene ring substituents is 1. The maximum atomic E-state index is 10.9. The number of carboxylic acid groups (broad SMARTS) is 1. The van der Waals surface area contributed by atoms with Crippen LogP contribution in [0.15, 0.2) is 18.2 Å². The van der Waals surface area contributed by atoms with Gasteiger partial charge in [-0.3, -0.25) is 10.1 Å². The molecule has 0 aromatic heterocycles. The van der Waals surface area contributed by atoms with E-state index in [1.165, 1.54) is 11.0 Å². The van der Waals surface area contributed by atoms with Crippen LogP contribution in [-0.4, -0.2) is 40.7 Å². The Morgan fingerprint density at radius 3 is 2.89 bits per heavy atom. The Morgan fingerprint density at radius 2 is 2.32 bits per heavy atom. The Kier molecular flexibility index (Phi) is 3.66. The quantitative estimate of drug-likeness (QED) is 0.652. The average Bonchev–Trinajstić information content (AvgIpc) is 2.38. The molecule has 0 radical (unpaired) electrons. The second kappa shape index (κ2) is 5.23. The standard InChI is InChI=1S/C12H14N2O5/c1-8-6-9(2-3-10(8)14(17)18)11-7-13(12(15)16)4-5-19-11/h2-3,6,11H,4-5,7H2,1H3,(H,15,16)/t11-/m1/s1. The highest BCUT2D eigenvalue weighted by atomic mass is 16.6. The zero-order chi connectivity index (χ0) is 14.0. The molecule has 1 N–H and O–H groups in total. The van der Waals surface area contributed by atoms with Crippen molar-refractivity contribution in [1.29, 1.82) is 0 Å². The first-order valence-electron chi connectivity index (χ1n) is 5.83. The second-order valence-corrected chi connectivity index (χ2v) is 4.39. The zero-order valence-electron chi connectivity index (χ0n) is 10.4. The summed E-state index contributed by atoms with van der Waals surface area (Å²) in [5, 5.41) is 19.7. The van der Waals surface area contributed by atoms with Crippen LogP contribution in [0.3, 0.4) is 0 Å². The maximum absolute atomic E-state index is 10.9. The Morgan fingerprint density at radius 1 is 1.58 bits per heavy atom. The van der Waals surface area contributed by atoms with Gasteiger partial charge in [-0.05, 0) is 24.6 Å². The van der Waals surface area contributed by atoms with E-state index >= 15 is 0 Å². The third-order valence-electron chi connectivity index (χ3n) is 3.13. The van der Waals surface area contributed by atoms with Gasteiger partial charge in [0.15, 0.2) is 0 Å². The lowest BCUT2D eigenvalue weighted by atomic mass is 10.0. The summed E-state index contributed by atoms with van der Waals surface area (Å²) in [5.74, 6) is 0. The molecular weight excluding hydrogens is 252 g/mol. The van der Waals surface area contributed by atoms with Crippen LogP contribution >= 0.6 is 0 Å². The minimum Gasteiger partial charge on any atom is -0.465 e. The van der Waals surface area contributed by atoms with Gasteiger partial charge in [-0.25, -0.2) is 4.79 Å². The van der Waals surface area contributed by atoms with Crippen molar-refractivity contribution in [2.24, 2.45) is 0 Å². The van der Waals surface area contributed by atoms with Crippen molar-refractivity contribution in [3.05, 3.63) is 39.4 Å². The highest BCUT2D eigenvalue weighted by Gasteiger charge is 2.25. The van der Waals surface area contributed by atoms with Gasteiger partial charge in [0.25, 0.3) is 5.69 Å². The Labute approximate surface area is 109 Å². The smallest absolute Gasteiger partial charge is 0.407 e. The fraction of sp³-hybridized carbons (Fsp3) is 0.417. The third kappa shape index (κ3) is 2.82. The van der Waals surface area contributed by atoms with Gasteiger partial charge < -0.3 is 14.7 Å². The highest BCUT2D eigenvalue weighted by molar-refractivity contribution is 5.65.